The highest BCUT2D eigenvalue weighted by atomic mass is 32.2. The van der Waals surface area contributed by atoms with Crippen molar-refractivity contribution >= 4 is 15.5 Å². The molecule has 0 bridgehead atoms. The Hall–Kier alpha value is -1.89. The molecule has 1 fully saturated rings. The molecule has 22 heavy (non-hydrogen) atoms. The molecule has 0 radical (unpaired) electrons. The summed E-state index contributed by atoms with van der Waals surface area (Å²) >= 11 is 0. The molecule has 0 N–H and O–H groups in total. The number of piperidine rings is 1. The molecule has 1 saturated heterocycles. The summed E-state index contributed by atoms with van der Waals surface area (Å²) in [5.74, 6) is 1.41. The van der Waals surface area contributed by atoms with Crippen LogP contribution in [0.4, 0.5) is 5.69 Å². The number of rotatable bonds is 3. The van der Waals surface area contributed by atoms with Crippen molar-refractivity contribution in [3.8, 4) is 0 Å². The lowest BCUT2D eigenvalue weighted by atomic mass is 9.97. The van der Waals surface area contributed by atoms with Crippen LogP contribution >= 0.6 is 0 Å². The summed E-state index contributed by atoms with van der Waals surface area (Å²) in [6, 6.07) is 7.14. The second kappa shape index (κ2) is 5.72. The summed E-state index contributed by atoms with van der Waals surface area (Å²) in [5.41, 5.74) is 0.755. The largest absolute Gasteiger partial charge is 0.370 e. The number of para-hydroxylation sites is 1. The van der Waals surface area contributed by atoms with E-state index in [-0.39, 0.29) is 5.92 Å². The first kappa shape index (κ1) is 15.0. The molecular weight excluding hydrogens is 302 g/mol. The van der Waals surface area contributed by atoms with Gasteiger partial charge in [-0.25, -0.2) is 8.42 Å². The van der Waals surface area contributed by atoms with Gasteiger partial charge in [-0.05, 0) is 31.9 Å². The Morgan fingerprint density at radius 3 is 2.77 bits per heavy atom. The second-order valence-corrected chi connectivity index (χ2v) is 7.69. The minimum absolute atomic E-state index is 0.141. The lowest BCUT2D eigenvalue weighted by Gasteiger charge is -2.33. The summed E-state index contributed by atoms with van der Waals surface area (Å²) in [5, 5.41) is 3.85. The van der Waals surface area contributed by atoms with Crippen molar-refractivity contribution in [2.45, 2.75) is 30.6 Å². The molecule has 7 heteroatoms. The van der Waals surface area contributed by atoms with Gasteiger partial charge in [-0.15, -0.1) is 0 Å². The Bertz CT molecular complexity index is 770. The standard InChI is InChI=1S/C15H19N3O3S/c1-11-16-15(21-17-11)12-6-5-9-18(10-12)13-7-3-4-8-14(13)22(2,19)20/h3-4,7-8,12H,5-6,9-10H2,1-2H3/t12-/m0/s1. The predicted molar refractivity (Wildman–Crippen MR) is 82.8 cm³/mol. The molecule has 3 rings (SSSR count). The number of hydrogen-bond acceptors (Lipinski definition) is 6. The van der Waals surface area contributed by atoms with Gasteiger partial charge in [-0.2, -0.15) is 4.98 Å². The van der Waals surface area contributed by atoms with E-state index in [9.17, 15) is 8.42 Å². The van der Waals surface area contributed by atoms with Crippen LogP contribution in [-0.2, 0) is 9.84 Å². The number of aryl methyl sites for hydroxylation is 1. The van der Waals surface area contributed by atoms with Crippen LogP contribution in [0.15, 0.2) is 33.7 Å². The maximum atomic E-state index is 12.0. The first-order valence-electron chi connectivity index (χ1n) is 7.29. The third-order valence-electron chi connectivity index (χ3n) is 3.92. The van der Waals surface area contributed by atoms with E-state index >= 15 is 0 Å². The lowest BCUT2D eigenvalue weighted by Crippen LogP contribution is -2.35. The van der Waals surface area contributed by atoms with Gasteiger partial charge in [0.2, 0.25) is 5.89 Å². The quantitative estimate of drug-likeness (QED) is 0.862. The van der Waals surface area contributed by atoms with Crippen LogP contribution < -0.4 is 4.90 Å². The molecule has 6 nitrogen and oxygen atoms in total. The third kappa shape index (κ3) is 2.99. The molecule has 118 valence electrons. The zero-order chi connectivity index (χ0) is 15.7. The van der Waals surface area contributed by atoms with Gasteiger partial charge < -0.3 is 9.42 Å². The topological polar surface area (TPSA) is 76.3 Å². The van der Waals surface area contributed by atoms with E-state index in [1.165, 1.54) is 6.26 Å². The Balaban J connectivity index is 1.90. The molecule has 0 spiro atoms. The van der Waals surface area contributed by atoms with Crippen molar-refractivity contribution < 1.29 is 12.9 Å². The minimum Gasteiger partial charge on any atom is -0.370 e. The highest BCUT2D eigenvalue weighted by Crippen LogP contribution is 2.32. The fraction of sp³-hybridized carbons (Fsp3) is 0.467. The zero-order valence-electron chi connectivity index (χ0n) is 12.7. The van der Waals surface area contributed by atoms with Gasteiger partial charge in [0.25, 0.3) is 0 Å². The summed E-state index contributed by atoms with van der Waals surface area (Å²) in [7, 11) is -3.25. The van der Waals surface area contributed by atoms with Crippen LogP contribution in [0.1, 0.15) is 30.5 Å². The van der Waals surface area contributed by atoms with Crippen LogP contribution in [-0.4, -0.2) is 37.9 Å². The molecule has 1 atom stereocenters. The SMILES string of the molecule is Cc1noc([C@H]2CCCN(c3ccccc3S(C)(=O)=O)C2)n1. The molecule has 2 heterocycles. The van der Waals surface area contributed by atoms with Crippen molar-refractivity contribution in [1.29, 1.82) is 0 Å². The first-order valence-corrected chi connectivity index (χ1v) is 9.18. The van der Waals surface area contributed by atoms with Gasteiger partial charge in [0.05, 0.1) is 16.5 Å². The van der Waals surface area contributed by atoms with E-state index in [1.807, 2.05) is 12.1 Å². The molecule has 1 aliphatic rings. The summed E-state index contributed by atoms with van der Waals surface area (Å²) in [6.45, 7) is 3.32. The molecule has 1 aromatic heterocycles. The maximum absolute atomic E-state index is 12.0. The first-order chi connectivity index (χ1) is 10.4. The molecule has 2 aromatic rings. The number of benzene rings is 1. The molecule has 0 saturated carbocycles. The van der Waals surface area contributed by atoms with Crippen molar-refractivity contribution in [2.24, 2.45) is 0 Å². The maximum Gasteiger partial charge on any atom is 0.231 e. The van der Waals surface area contributed by atoms with E-state index in [4.69, 9.17) is 4.52 Å². The number of sulfone groups is 1. The lowest BCUT2D eigenvalue weighted by molar-refractivity contribution is 0.331. The van der Waals surface area contributed by atoms with E-state index in [2.05, 4.69) is 15.0 Å². The van der Waals surface area contributed by atoms with Crippen LogP contribution in [0, 0.1) is 6.92 Å². The molecular formula is C15H19N3O3S. The number of aromatic nitrogens is 2. The highest BCUT2D eigenvalue weighted by molar-refractivity contribution is 7.90. The Morgan fingerprint density at radius 2 is 2.09 bits per heavy atom. The molecule has 0 amide bonds. The average Bonchev–Trinajstić information content (AvgIpc) is 2.93. The third-order valence-corrected chi connectivity index (χ3v) is 5.06. The van der Waals surface area contributed by atoms with Crippen molar-refractivity contribution in [3.63, 3.8) is 0 Å². The van der Waals surface area contributed by atoms with Crippen LogP contribution in [0.3, 0.4) is 0 Å². The molecule has 0 unspecified atom stereocenters. The van der Waals surface area contributed by atoms with Gasteiger partial charge in [-0.3, -0.25) is 0 Å². The molecule has 1 aliphatic heterocycles. The van der Waals surface area contributed by atoms with Gasteiger partial charge in [0.1, 0.15) is 0 Å². The Labute approximate surface area is 130 Å². The van der Waals surface area contributed by atoms with Gasteiger partial charge in [-0.1, -0.05) is 17.3 Å². The van der Waals surface area contributed by atoms with Crippen molar-refractivity contribution in [2.75, 3.05) is 24.2 Å². The van der Waals surface area contributed by atoms with Crippen LogP contribution in [0.2, 0.25) is 0 Å². The average molecular weight is 321 g/mol. The fourth-order valence-electron chi connectivity index (χ4n) is 2.91. The Morgan fingerprint density at radius 1 is 1.32 bits per heavy atom. The summed E-state index contributed by atoms with van der Waals surface area (Å²) in [4.78, 5) is 6.78. The van der Waals surface area contributed by atoms with E-state index in [0.29, 0.717) is 23.2 Å². The summed E-state index contributed by atoms with van der Waals surface area (Å²) < 4.78 is 29.2. The monoisotopic (exact) mass is 321 g/mol. The normalized spacial score (nSPS) is 19.4. The van der Waals surface area contributed by atoms with E-state index in [0.717, 1.165) is 25.1 Å². The highest BCUT2D eigenvalue weighted by Gasteiger charge is 2.28. The van der Waals surface area contributed by atoms with Crippen LogP contribution in [0.25, 0.3) is 0 Å². The van der Waals surface area contributed by atoms with E-state index < -0.39 is 9.84 Å². The molecule has 0 aliphatic carbocycles. The Kier molecular flexibility index (Phi) is 3.90. The van der Waals surface area contributed by atoms with Gasteiger partial charge in [0.15, 0.2) is 15.7 Å². The van der Waals surface area contributed by atoms with Crippen molar-refractivity contribution in [1.82, 2.24) is 10.1 Å². The zero-order valence-corrected chi connectivity index (χ0v) is 13.5. The number of anilines is 1. The number of hydrogen-bond donors (Lipinski definition) is 0. The van der Waals surface area contributed by atoms with Gasteiger partial charge in [0, 0.05) is 19.3 Å². The summed E-state index contributed by atoms with van der Waals surface area (Å²) in [6.07, 6.45) is 3.18. The van der Waals surface area contributed by atoms with Crippen molar-refractivity contribution in [3.05, 3.63) is 36.0 Å². The van der Waals surface area contributed by atoms with E-state index in [1.54, 1.807) is 19.1 Å². The smallest absolute Gasteiger partial charge is 0.231 e. The number of nitrogens with zero attached hydrogens (tertiary/aromatic N) is 3. The van der Waals surface area contributed by atoms with Gasteiger partial charge >= 0.3 is 0 Å². The predicted octanol–water partition coefficient (Wildman–Crippen LogP) is 2.17. The van der Waals surface area contributed by atoms with Crippen LogP contribution in [0.5, 0.6) is 0 Å². The minimum atomic E-state index is -3.25. The second-order valence-electron chi connectivity index (χ2n) is 5.70. The molecule has 1 aromatic carbocycles. The fourth-order valence-corrected chi connectivity index (χ4v) is 3.81.